The first-order valence-electron chi connectivity index (χ1n) is 4.51. The van der Waals surface area contributed by atoms with E-state index in [1.54, 1.807) is 0 Å². The largest absolute Gasteiger partial charge is 0.162 e. The van der Waals surface area contributed by atoms with E-state index in [-0.39, 0.29) is 0 Å². The van der Waals surface area contributed by atoms with Crippen LogP contribution in [0.3, 0.4) is 0 Å². The average molecular weight is 158 g/mol. The van der Waals surface area contributed by atoms with E-state index >= 15 is 0 Å². The van der Waals surface area contributed by atoms with Gasteiger partial charge in [0.25, 0.3) is 0 Å². The Kier molecular flexibility index (Phi) is 4.27. The third-order valence-corrected chi connectivity index (χ3v) is 3.47. The van der Waals surface area contributed by atoms with Crippen molar-refractivity contribution in [3.8, 4) is 0 Å². The van der Waals surface area contributed by atoms with Crippen molar-refractivity contribution in [1.29, 1.82) is 0 Å². The summed E-state index contributed by atoms with van der Waals surface area (Å²) in [5.74, 6) is 3.96. The molecule has 1 heteroatoms. The first-order chi connectivity index (χ1) is 4.93. The molecule has 0 aliphatic carbocycles. The zero-order valence-electron chi connectivity index (χ0n) is 6.94. The molecule has 1 fully saturated rings. The molecule has 0 aromatic carbocycles. The second-order valence-electron chi connectivity index (χ2n) is 3.23. The summed E-state index contributed by atoms with van der Waals surface area (Å²) in [4.78, 5) is 0. The first kappa shape index (κ1) is 8.45. The van der Waals surface area contributed by atoms with Gasteiger partial charge < -0.3 is 0 Å². The van der Waals surface area contributed by atoms with Crippen LogP contribution in [0, 0.1) is 5.92 Å². The molecule has 0 aromatic rings. The Balaban J connectivity index is 1.91. The molecule has 0 nitrogen and oxygen atoms in total. The summed E-state index contributed by atoms with van der Waals surface area (Å²) in [6.45, 7) is 2.28. The monoisotopic (exact) mass is 158 g/mol. The van der Waals surface area contributed by atoms with Crippen LogP contribution >= 0.6 is 11.8 Å². The predicted molar refractivity (Wildman–Crippen MR) is 49.6 cm³/mol. The van der Waals surface area contributed by atoms with Gasteiger partial charge in [-0.25, -0.2) is 0 Å². The van der Waals surface area contributed by atoms with Crippen molar-refractivity contribution in [3.05, 3.63) is 0 Å². The molecule has 1 rings (SSSR count). The van der Waals surface area contributed by atoms with Gasteiger partial charge in [-0.05, 0) is 30.3 Å². The third-order valence-electron chi connectivity index (χ3n) is 2.24. The molecular weight excluding hydrogens is 140 g/mol. The average Bonchev–Trinajstić information content (AvgIpc) is 2.41. The topological polar surface area (TPSA) is 0 Å². The molecule has 60 valence electrons. The van der Waals surface area contributed by atoms with Crippen LogP contribution in [0.2, 0.25) is 0 Å². The molecular formula is C9H18S. The molecule has 0 amide bonds. The lowest BCUT2D eigenvalue weighted by Crippen LogP contribution is -1.96. The molecule has 1 saturated heterocycles. The van der Waals surface area contributed by atoms with Crippen molar-refractivity contribution in [2.24, 2.45) is 5.92 Å². The van der Waals surface area contributed by atoms with Gasteiger partial charge in [-0.15, -0.1) is 0 Å². The highest BCUT2D eigenvalue weighted by Gasteiger charge is 2.13. The summed E-state index contributed by atoms with van der Waals surface area (Å²) in [7, 11) is 0. The van der Waals surface area contributed by atoms with Gasteiger partial charge in [0.15, 0.2) is 0 Å². The first-order valence-corrected chi connectivity index (χ1v) is 5.66. The predicted octanol–water partition coefficient (Wildman–Crippen LogP) is 3.32. The normalized spacial score (nSPS) is 25.5. The van der Waals surface area contributed by atoms with Crippen LogP contribution in [0.15, 0.2) is 0 Å². The third kappa shape index (κ3) is 2.96. The molecule has 1 atom stereocenters. The summed E-state index contributed by atoms with van der Waals surface area (Å²) in [5, 5.41) is 0. The van der Waals surface area contributed by atoms with Crippen molar-refractivity contribution in [3.63, 3.8) is 0 Å². The minimum absolute atomic E-state index is 1.08. The fraction of sp³-hybridized carbons (Fsp3) is 1.00. The Morgan fingerprint density at radius 3 is 2.90 bits per heavy atom. The Hall–Kier alpha value is 0.350. The van der Waals surface area contributed by atoms with Gasteiger partial charge in [0.05, 0.1) is 0 Å². The van der Waals surface area contributed by atoms with Gasteiger partial charge in [-0.1, -0.05) is 26.2 Å². The van der Waals surface area contributed by atoms with Crippen molar-refractivity contribution >= 4 is 11.8 Å². The maximum Gasteiger partial charge on any atom is -0.00388 e. The fourth-order valence-corrected chi connectivity index (χ4v) is 2.83. The Labute approximate surface area is 68.8 Å². The molecule has 0 saturated carbocycles. The Morgan fingerprint density at radius 1 is 1.40 bits per heavy atom. The van der Waals surface area contributed by atoms with Gasteiger partial charge in [0.1, 0.15) is 0 Å². The van der Waals surface area contributed by atoms with Gasteiger partial charge in [-0.2, -0.15) is 11.8 Å². The summed E-state index contributed by atoms with van der Waals surface area (Å²) < 4.78 is 0. The highest BCUT2D eigenvalue weighted by atomic mass is 32.2. The lowest BCUT2D eigenvalue weighted by Gasteiger charge is -2.05. The van der Waals surface area contributed by atoms with Crippen molar-refractivity contribution in [2.75, 3.05) is 11.5 Å². The summed E-state index contributed by atoms with van der Waals surface area (Å²) in [5.41, 5.74) is 0. The van der Waals surface area contributed by atoms with Crippen LogP contribution in [0.5, 0.6) is 0 Å². The molecule has 0 radical (unpaired) electrons. The number of hydrogen-bond acceptors (Lipinski definition) is 1. The van der Waals surface area contributed by atoms with Gasteiger partial charge in [0, 0.05) is 0 Å². The standard InChI is InChI=1S/C9H18S/c1-2-3-4-5-9-6-7-10-8-9/h9H,2-8H2,1H3. The summed E-state index contributed by atoms with van der Waals surface area (Å²) in [6, 6.07) is 0. The van der Waals surface area contributed by atoms with Crippen LogP contribution in [-0.4, -0.2) is 11.5 Å². The Bertz CT molecular complexity index is 74.8. The maximum absolute atomic E-state index is 2.28. The van der Waals surface area contributed by atoms with Crippen LogP contribution < -0.4 is 0 Å². The molecule has 10 heavy (non-hydrogen) atoms. The van der Waals surface area contributed by atoms with E-state index < -0.39 is 0 Å². The highest BCUT2D eigenvalue weighted by molar-refractivity contribution is 7.99. The number of hydrogen-bond donors (Lipinski definition) is 0. The fourth-order valence-electron chi connectivity index (χ4n) is 1.49. The zero-order chi connectivity index (χ0) is 7.23. The van der Waals surface area contributed by atoms with Gasteiger partial charge >= 0.3 is 0 Å². The SMILES string of the molecule is CCCCCC1CCSC1. The molecule has 1 aliphatic heterocycles. The van der Waals surface area contributed by atoms with Crippen LogP contribution in [0.4, 0.5) is 0 Å². The zero-order valence-corrected chi connectivity index (χ0v) is 7.75. The maximum atomic E-state index is 2.28. The van der Waals surface area contributed by atoms with Crippen molar-refractivity contribution in [2.45, 2.75) is 39.0 Å². The molecule has 0 aromatic heterocycles. The van der Waals surface area contributed by atoms with Gasteiger partial charge in [-0.3, -0.25) is 0 Å². The number of rotatable bonds is 4. The summed E-state index contributed by atoms with van der Waals surface area (Å²) in [6.07, 6.45) is 7.29. The van der Waals surface area contributed by atoms with Crippen LogP contribution in [0.25, 0.3) is 0 Å². The summed E-state index contributed by atoms with van der Waals surface area (Å²) >= 11 is 2.14. The highest BCUT2D eigenvalue weighted by Crippen LogP contribution is 2.27. The molecule has 0 spiro atoms. The minimum Gasteiger partial charge on any atom is -0.162 e. The number of thioether (sulfide) groups is 1. The Morgan fingerprint density at radius 2 is 2.30 bits per heavy atom. The quantitative estimate of drug-likeness (QED) is 0.566. The van der Waals surface area contributed by atoms with Gasteiger partial charge in [0.2, 0.25) is 0 Å². The smallest absolute Gasteiger partial charge is 0.00388 e. The molecule has 0 N–H and O–H groups in total. The van der Waals surface area contributed by atoms with E-state index in [0.717, 1.165) is 5.92 Å². The van der Waals surface area contributed by atoms with E-state index in [1.807, 2.05) is 0 Å². The molecule has 1 unspecified atom stereocenters. The lowest BCUT2D eigenvalue weighted by molar-refractivity contribution is 0.506. The van der Waals surface area contributed by atoms with Crippen molar-refractivity contribution in [1.82, 2.24) is 0 Å². The molecule has 1 aliphatic rings. The van der Waals surface area contributed by atoms with Crippen LogP contribution in [-0.2, 0) is 0 Å². The molecule has 1 heterocycles. The van der Waals surface area contributed by atoms with E-state index in [2.05, 4.69) is 18.7 Å². The second-order valence-corrected chi connectivity index (χ2v) is 4.38. The van der Waals surface area contributed by atoms with E-state index in [4.69, 9.17) is 0 Å². The minimum atomic E-state index is 1.08. The lowest BCUT2D eigenvalue weighted by atomic mass is 10.0. The second kappa shape index (κ2) is 5.06. The van der Waals surface area contributed by atoms with E-state index in [0.29, 0.717) is 0 Å². The van der Waals surface area contributed by atoms with Crippen molar-refractivity contribution < 1.29 is 0 Å². The van der Waals surface area contributed by atoms with E-state index in [9.17, 15) is 0 Å². The van der Waals surface area contributed by atoms with Crippen LogP contribution in [0.1, 0.15) is 39.0 Å². The molecule has 0 bridgehead atoms. The van der Waals surface area contributed by atoms with E-state index in [1.165, 1.54) is 43.6 Å². The number of unbranched alkanes of at least 4 members (excludes halogenated alkanes) is 2.